The molecule has 0 bridgehead atoms. The summed E-state index contributed by atoms with van der Waals surface area (Å²) in [5, 5.41) is 2.13. The van der Waals surface area contributed by atoms with Crippen LogP contribution in [0.4, 0.5) is 0 Å². The molecule has 0 unspecified atom stereocenters. The van der Waals surface area contributed by atoms with Crippen LogP contribution < -0.4 is 5.56 Å². The minimum atomic E-state index is -0.348. The van der Waals surface area contributed by atoms with Gasteiger partial charge in [-0.25, -0.2) is 4.79 Å². The molecule has 1 heterocycles. The molecule has 0 atom stereocenters. The monoisotopic (exact) mass is 393 g/mol. The lowest BCUT2D eigenvalue weighted by atomic mass is 9.86. The summed E-state index contributed by atoms with van der Waals surface area (Å²) in [6, 6.07) is 14.8. The maximum Gasteiger partial charge on any atom is 0.331 e. The molecular formula is C23H20ClNO3. The summed E-state index contributed by atoms with van der Waals surface area (Å²) < 4.78 is 6.88. The van der Waals surface area contributed by atoms with Gasteiger partial charge in [0.2, 0.25) is 0 Å². The molecule has 3 aromatic rings. The fourth-order valence-electron chi connectivity index (χ4n) is 3.90. The molecule has 5 heteroatoms. The van der Waals surface area contributed by atoms with Crippen molar-refractivity contribution in [3.8, 4) is 5.69 Å². The quantitative estimate of drug-likeness (QED) is 0.468. The Hall–Kier alpha value is -2.85. The van der Waals surface area contributed by atoms with Crippen molar-refractivity contribution >= 4 is 33.9 Å². The SMILES string of the molecule is CCOC(=O)/C=C1\CCCc2c1c1ccccc1c(=O)n2-c1ccc(Cl)cc1. The van der Waals surface area contributed by atoms with E-state index in [9.17, 15) is 9.59 Å². The van der Waals surface area contributed by atoms with Crippen LogP contribution in [-0.4, -0.2) is 17.1 Å². The highest BCUT2D eigenvalue weighted by Crippen LogP contribution is 2.36. The van der Waals surface area contributed by atoms with Crippen molar-refractivity contribution in [2.75, 3.05) is 6.61 Å². The maximum atomic E-state index is 13.3. The Kier molecular flexibility index (Phi) is 5.05. The number of halogens is 1. The van der Waals surface area contributed by atoms with Crippen LogP contribution in [-0.2, 0) is 16.0 Å². The third-order valence-corrected chi connectivity index (χ3v) is 5.28. The summed E-state index contributed by atoms with van der Waals surface area (Å²) >= 11 is 6.04. The van der Waals surface area contributed by atoms with Crippen LogP contribution in [0, 0.1) is 0 Å². The van der Waals surface area contributed by atoms with E-state index < -0.39 is 0 Å². The van der Waals surface area contributed by atoms with Crippen LogP contribution in [0.3, 0.4) is 0 Å². The van der Waals surface area contributed by atoms with Crippen LogP contribution in [0.25, 0.3) is 22.0 Å². The molecule has 4 nitrogen and oxygen atoms in total. The number of benzene rings is 2. The average molecular weight is 394 g/mol. The molecule has 1 aliphatic carbocycles. The van der Waals surface area contributed by atoms with E-state index in [1.165, 1.54) is 0 Å². The van der Waals surface area contributed by atoms with Gasteiger partial charge in [0.15, 0.2) is 0 Å². The van der Waals surface area contributed by atoms with E-state index in [0.717, 1.165) is 47.2 Å². The van der Waals surface area contributed by atoms with Gasteiger partial charge in [-0.15, -0.1) is 0 Å². The van der Waals surface area contributed by atoms with Gasteiger partial charge in [-0.3, -0.25) is 9.36 Å². The van der Waals surface area contributed by atoms with Crippen molar-refractivity contribution in [1.82, 2.24) is 4.57 Å². The predicted molar refractivity (Wildman–Crippen MR) is 112 cm³/mol. The summed E-state index contributed by atoms with van der Waals surface area (Å²) in [7, 11) is 0. The van der Waals surface area contributed by atoms with Gasteiger partial charge in [-0.05, 0) is 67.5 Å². The molecule has 1 aromatic heterocycles. The zero-order valence-corrected chi connectivity index (χ0v) is 16.3. The Morgan fingerprint density at radius 2 is 1.82 bits per heavy atom. The van der Waals surface area contributed by atoms with Crippen molar-refractivity contribution in [2.45, 2.75) is 26.2 Å². The molecule has 0 saturated heterocycles. The van der Waals surface area contributed by atoms with Crippen molar-refractivity contribution in [3.63, 3.8) is 0 Å². The standard InChI is InChI=1S/C23H20ClNO3/c1-2-28-21(26)14-15-6-5-9-20-22(15)18-7-3-4-8-19(18)23(27)25(20)17-12-10-16(24)11-13-17/h3-4,7-8,10-14H,2,5-6,9H2,1H3/b15-14+. The molecule has 142 valence electrons. The number of esters is 1. The highest BCUT2D eigenvalue weighted by molar-refractivity contribution is 6.30. The molecule has 0 radical (unpaired) electrons. The van der Waals surface area contributed by atoms with E-state index in [2.05, 4.69) is 0 Å². The van der Waals surface area contributed by atoms with Crippen molar-refractivity contribution < 1.29 is 9.53 Å². The first-order chi connectivity index (χ1) is 13.6. The number of aromatic nitrogens is 1. The van der Waals surface area contributed by atoms with E-state index in [0.29, 0.717) is 17.0 Å². The molecule has 0 aliphatic heterocycles. The normalized spacial score (nSPS) is 14.9. The van der Waals surface area contributed by atoms with E-state index in [-0.39, 0.29) is 11.5 Å². The van der Waals surface area contributed by atoms with E-state index in [1.54, 1.807) is 29.7 Å². The molecular weight excluding hydrogens is 374 g/mol. The second-order valence-electron chi connectivity index (χ2n) is 6.76. The molecule has 2 aromatic carbocycles. The predicted octanol–water partition coefficient (Wildman–Crippen LogP) is 4.93. The highest BCUT2D eigenvalue weighted by atomic mass is 35.5. The number of carbonyl (C=O) groups is 1. The average Bonchev–Trinajstić information content (AvgIpc) is 2.70. The second-order valence-corrected chi connectivity index (χ2v) is 7.20. The Morgan fingerprint density at radius 3 is 2.54 bits per heavy atom. The molecule has 0 saturated carbocycles. The number of fused-ring (bicyclic) bond motifs is 3. The van der Waals surface area contributed by atoms with Crippen LogP contribution >= 0.6 is 11.6 Å². The summed E-state index contributed by atoms with van der Waals surface area (Å²) in [5.74, 6) is -0.348. The van der Waals surface area contributed by atoms with Gasteiger partial charge in [0, 0.05) is 33.4 Å². The van der Waals surface area contributed by atoms with Gasteiger partial charge in [0.1, 0.15) is 0 Å². The zero-order chi connectivity index (χ0) is 19.7. The third-order valence-electron chi connectivity index (χ3n) is 5.03. The van der Waals surface area contributed by atoms with E-state index in [1.807, 2.05) is 36.4 Å². The highest BCUT2D eigenvalue weighted by Gasteiger charge is 2.24. The van der Waals surface area contributed by atoms with E-state index >= 15 is 0 Å². The molecule has 1 aliphatic rings. The number of allylic oxidation sites excluding steroid dienone is 1. The Balaban J connectivity index is 2.05. The fourth-order valence-corrected chi connectivity index (χ4v) is 4.02. The molecule has 0 spiro atoms. The molecule has 4 rings (SSSR count). The van der Waals surface area contributed by atoms with Gasteiger partial charge in [-0.2, -0.15) is 0 Å². The number of ether oxygens (including phenoxy) is 1. The topological polar surface area (TPSA) is 48.3 Å². The molecule has 0 fully saturated rings. The van der Waals surface area contributed by atoms with Crippen LogP contribution in [0.15, 0.2) is 59.4 Å². The van der Waals surface area contributed by atoms with E-state index in [4.69, 9.17) is 16.3 Å². The zero-order valence-electron chi connectivity index (χ0n) is 15.6. The number of nitrogens with zero attached hydrogens (tertiary/aromatic N) is 1. The second kappa shape index (κ2) is 7.64. The van der Waals surface area contributed by atoms with Crippen LogP contribution in [0.1, 0.15) is 31.0 Å². The lowest BCUT2D eigenvalue weighted by Crippen LogP contribution is -2.26. The molecule has 0 N–H and O–H groups in total. The van der Waals surface area contributed by atoms with Gasteiger partial charge in [0.25, 0.3) is 5.56 Å². The molecule has 28 heavy (non-hydrogen) atoms. The number of hydrogen-bond donors (Lipinski definition) is 0. The van der Waals surface area contributed by atoms with Gasteiger partial charge in [0.05, 0.1) is 6.61 Å². The minimum absolute atomic E-state index is 0.0611. The number of carbonyl (C=O) groups excluding carboxylic acids is 1. The Bertz CT molecular complexity index is 1140. The van der Waals surface area contributed by atoms with Crippen LogP contribution in [0.2, 0.25) is 5.02 Å². The van der Waals surface area contributed by atoms with Crippen LogP contribution in [0.5, 0.6) is 0 Å². The Labute approximate surface area is 168 Å². The smallest absolute Gasteiger partial charge is 0.331 e. The number of hydrogen-bond acceptors (Lipinski definition) is 3. The van der Waals surface area contributed by atoms with Crippen molar-refractivity contribution in [3.05, 3.63) is 81.2 Å². The number of rotatable bonds is 3. The largest absolute Gasteiger partial charge is 0.463 e. The fraction of sp³-hybridized carbons (Fsp3) is 0.217. The minimum Gasteiger partial charge on any atom is -0.463 e. The molecule has 0 amide bonds. The van der Waals surface area contributed by atoms with Crippen molar-refractivity contribution in [1.29, 1.82) is 0 Å². The Morgan fingerprint density at radius 1 is 1.11 bits per heavy atom. The first kappa shape index (κ1) is 18.5. The third kappa shape index (κ3) is 3.25. The summed E-state index contributed by atoms with van der Waals surface area (Å²) in [5.41, 5.74) is 3.51. The van der Waals surface area contributed by atoms with Crippen molar-refractivity contribution in [2.24, 2.45) is 0 Å². The van der Waals surface area contributed by atoms with Gasteiger partial charge in [-0.1, -0.05) is 29.8 Å². The maximum absolute atomic E-state index is 13.3. The summed E-state index contributed by atoms with van der Waals surface area (Å²) in [6.07, 6.45) is 3.97. The van der Waals surface area contributed by atoms with Gasteiger partial charge < -0.3 is 4.74 Å². The first-order valence-corrected chi connectivity index (χ1v) is 9.78. The summed E-state index contributed by atoms with van der Waals surface area (Å²) in [6.45, 7) is 2.12. The lowest BCUT2D eigenvalue weighted by molar-refractivity contribution is -0.137. The number of pyridine rings is 1. The van der Waals surface area contributed by atoms with Gasteiger partial charge >= 0.3 is 5.97 Å². The summed E-state index contributed by atoms with van der Waals surface area (Å²) in [4.78, 5) is 25.5. The first-order valence-electron chi connectivity index (χ1n) is 9.40. The lowest BCUT2D eigenvalue weighted by Gasteiger charge is -2.25.